The fourth-order valence-corrected chi connectivity index (χ4v) is 3.49. The van der Waals surface area contributed by atoms with Crippen LogP contribution in [-0.2, 0) is 11.3 Å². The minimum absolute atomic E-state index is 0.00582. The molecular formula is C25H19N7O3. The van der Waals surface area contributed by atoms with Crippen LogP contribution in [0.3, 0.4) is 0 Å². The molecule has 0 atom stereocenters. The summed E-state index contributed by atoms with van der Waals surface area (Å²) in [5.41, 5.74) is 6.76. The first-order chi connectivity index (χ1) is 17.1. The zero-order valence-electron chi connectivity index (χ0n) is 18.3. The number of benzene rings is 3. The van der Waals surface area contributed by atoms with Gasteiger partial charge in [0, 0.05) is 11.1 Å². The molecule has 0 fully saturated rings. The van der Waals surface area contributed by atoms with Gasteiger partial charge in [-0.2, -0.15) is 24.7 Å². The Hall–Kier alpha value is -5.12. The first kappa shape index (κ1) is 21.7. The quantitative estimate of drug-likeness (QED) is 0.362. The Morgan fingerprint density at radius 3 is 2.26 bits per heavy atom. The number of hydrogen-bond acceptors (Lipinski definition) is 9. The highest BCUT2D eigenvalue weighted by atomic mass is 16.5. The third-order valence-corrected chi connectivity index (χ3v) is 5.06. The van der Waals surface area contributed by atoms with Crippen molar-refractivity contribution in [3.05, 3.63) is 107 Å². The van der Waals surface area contributed by atoms with Crippen molar-refractivity contribution in [2.75, 3.05) is 11.1 Å². The van der Waals surface area contributed by atoms with Gasteiger partial charge >= 0.3 is 5.97 Å². The molecule has 0 bridgehead atoms. The zero-order valence-corrected chi connectivity index (χ0v) is 18.3. The van der Waals surface area contributed by atoms with Crippen molar-refractivity contribution in [3.8, 4) is 5.69 Å². The molecule has 0 saturated heterocycles. The predicted molar refractivity (Wildman–Crippen MR) is 130 cm³/mol. The number of rotatable bonds is 6. The molecule has 2 heterocycles. The van der Waals surface area contributed by atoms with Crippen LogP contribution >= 0.6 is 0 Å². The zero-order chi connectivity index (χ0) is 24.2. The number of aromatic nitrogens is 5. The van der Waals surface area contributed by atoms with Crippen LogP contribution in [0.5, 0.6) is 0 Å². The van der Waals surface area contributed by atoms with Crippen LogP contribution in [0.1, 0.15) is 16.3 Å². The van der Waals surface area contributed by atoms with Crippen molar-refractivity contribution in [3.63, 3.8) is 0 Å². The van der Waals surface area contributed by atoms with Crippen molar-refractivity contribution in [2.24, 2.45) is 0 Å². The average molecular weight is 465 g/mol. The van der Waals surface area contributed by atoms with Crippen molar-refractivity contribution < 1.29 is 9.53 Å². The molecule has 5 aromatic rings. The van der Waals surface area contributed by atoms with E-state index in [0.717, 1.165) is 5.69 Å². The molecule has 0 spiro atoms. The molecular weight excluding hydrogens is 446 g/mol. The molecule has 0 aliphatic heterocycles. The Labute approximate surface area is 199 Å². The number of ether oxygens (including phenoxy) is 1. The lowest BCUT2D eigenvalue weighted by atomic mass is 10.1. The van der Waals surface area contributed by atoms with Gasteiger partial charge < -0.3 is 15.8 Å². The molecule has 5 rings (SSSR count). The van der Waals surface area contributed by atoms with Crippen LogP contribution in [0.15, 0.2) is 89.7 Å². The molecule has 10 heteroatoms. The molecule has 0 saturated carbocycles. The second-order valence-corrected chi connectivity index (χ2v) is 7.45. The minimum atomic E-state index is -0.734. The van der Waals surface area contributed by atoms with Gasteiger partial charge in [0.25, 0.3) is 5.56 Å². The van der Waals surface area contributed by atoms with Gasteiger partial charge in [0.05, 0.1) is 11.1 Å². The van der Waals surface area contributed by atoms with Crippen LogP contribution in [0.4, 0.5) is 17.6 Å². The highest BCUT2D eigenvalue weighted by molar-refractivity contribution is 6.02. The molecule has 0 aliphatic rings. The number of nitrogens with two attached hydrogens (primary N) is 1. The van der Waals surface area contributed by atoms with Gasteiger partial charge in [-0.3, -0.25) is 4.79 Å². The van der Waals surface area contributed by atoms with Crippen LogP contribution in [0.2, 0.25) is 0 Å². The second kappa shape index (κ2) is 9.40. The monoisotopic (exact) mass is 465 g/mol. The van der Waals surface area contributed by atoms with E-state index >= 15 is 0 Å². The standard InChI is InChI=1S/C25H19N7O3/c26-24-28-20(29-25(30-24)27-16-9-3-1-4-10-16)15-35-23(34)21-18-13-7-8-14-19(18)22(33)32(31-21)17-11-5-2-6-12-17/h1-14H,15H2,(H3,26,27,28,29,30). The molecule has 3 N–H and O–H groups in total. The first-order valence-corrected chi connectivity index (χ1v) is 10.7. The summed E-state index contributed by atoms with van der Waals surface area (Å²) >= 11 is 0. The predicted octanol–water partition coefficient (Wildman–Crippen LogP) is 3.25. The van der Waals surface area contributed by atoms with E-state index in [1.807, 2.05) is 36.4 Å². The molecule has 35 heavy (non-hydrogen) atoms. The van der Waals surface area contributed by atoms with Gasteiger partial charge in [-0.05, 0) is 30.3 Å². The lowest BCUT2D eigenvalue weighted by molar-refractivity contribution is 0.0455. The number of nitrogen functional groups attached to an aromatic ring is 1. The third kappa shape index (κ3) is 4.67. The second-order valence-electron chi connectivity index (χ2n) is 7.45. The number of para-hydroxylation sites is 2. The number of carbonyl (C=O) groups excluding carboxylic acids is 1. The van der Waals surface area contributed by atoms with Crippen molar-refractivity contribution in [2.45, 2.75) is 6.61 Å². The molecule has 0 aliphatic carbocycles. The summed E-state index contributed by atoms with van der Waals surface area (Å²) in [7, 11) is 0. The van der Waals surface area contributed by atoms with E-state index in [9.17, 15) is 9.59 Å². The third-order valence-electron chi connectivity index (χ3n) is 5.06. The summed E-state index contributed by atoms with van der Waals surface area (Å²) in [6, 6.07) is 24.9. The SMILES string of the molecule is Nc1nc(COC(=O)c2nn(-c3ccccc3)c(=O)c3ccccc23)nc(Nc2ccccc2)n1. The topological polar surface area (TPSA) is 138 Å². The van der Waals surface area contributed by atoms with Gasteiger partial charge in [-0.1, -0.05) is 54.6 Å². The highest BCUT2D eigenvalue weighted by Crippen LogP contribution is 2.17. The fourth-order valence-electron chi connectivity index (χ4n) is 3.49. The number of esters is 1. The van der Waals surface area contributed by atoms with Gasteiger partial charge in [-0.25, -0.2) is 4.79 Å². The van der Waals surface area contributed by atoms with Gasteiger partial charge in [-0.15, -0.1) is 0 Å². The summed E-state index contributed by atoms with van der Waals surface area (Å²) in [4.78, 5) is 38.5. The van der Waals surface area contributed by atoms with Crippen LogP contribution in [0, 0.1) is 0 Å². The van der Waals surface area contributed by atoms with E-state index < -0.39 is 5.97 Å². The largest absolute Gasteiger partial charge is 0.453 e. The van der Waals surface area contributed by atoms with Crippen LogP contribution in [0.25, 0.3) is 16.5 Å². The summed E-state index contributed by atoms with van der Waals surface area (Å²) in [6.07, 6.45) is 0. The number of anilines is 3. The van der Waals surface area contributed by atoms with Gasteiger partial charge in [0.2, 0.25) is 11.9 Å². The molecule has 10 nitrogen and oxygen atoms in total. The van der Waals surface area contributed by atoms with E-state index in [2.05, 4.69) is 25.4 Å². The molecule has 172 valence electrons. The maximum Gasteiger partial charge on any atom is 0.359 e. The van der Waals surface area contributed by atoms with E-state index in [-0.39, 0.29) is 35.6 Å². The van der Waals surface area contributed by atoms with Crippen molar-refractivity contribution in [1.29, 1.82) is 0 Å². The number of nitrogens with one attached hydrogen (secondary N) is 1. The molecule has 0 amide bonds. The molecule has 2 aromatic heterocycles. The van der Waals surface area contributed by atoms with Crippen LogP contribution in [-0.4, -0.2) is 30.7 Å². The Morgan fingerprint density at radius 2 is 1.51 bits per heavy atom. The normalized spacial score (nSPS) is 10.7. The summed E-state index contributed by atoms with van der Waals surface area (Å²) in [5.74, 6) is -0.381. The average Bonchev–Trinajstić information content (AvgIpc) is 2.88. The Balaban J connectivity index is 1.44. The summed E-state index contributed by atoms with van der Waals surface area (Å²) < 4.78 is 6.64. The van der Waals surface area contributed by atoms with Crippen molar-refractivity contribution in [1.82, 2.24) is 24.7 Å². The number of fused-ring (bicyclic) bond motifs is 1. The smallest absolute Gasteiger partial charge is 0.359 e. The minimum Gasteiger partial charge on any atom is -0.453 e. The van der Waals surface area contributed by atoms with Crippen LogP contribution < -0.4 is 16.6 Å². The van der Waals surface area contributed by atoms with Gasteiger partial charge in [0.1, 0.15) is 0 Å². The summed E-state index contributed by atoms with van der Waals surface area (Å²) in [6.45, 7) is -0.268. The lowest BCUT2D eigenvalue weighted by Gasteiger charge is -2.11. The maximum atomic E-state index is 13.1. The Bertz CT molecular complexity index is 1570. The first-order valence-electron chi connectivity index (χ1n) is 10.7. The fraction of sp³-hybridized carbons (Fsp3) is 0.0400. The van der Waals surface area contributed by atoms with E-state index in [1.54, 1.807) is 48.5 Å². The van der Waals surface area contributed by atoms with E-state index in [4.69, 9.17) is 10.5 Å². The number of nitrogens with zero attached hydrogens (tertiary/aromatic N) is 5. The molecule has 0 radical (unpaired) electrons. The van der Waals surface area contributed by atoms with Gasteiger partial charge in [0.15, 0.2) is 18.1 Å². The molecule has 3 aromatic carbocycles. The highest BCUT2D eigenvalue weighted by Gasteiger charge is 2.19. The number of hydrogen-bond donors (Lipinski definition) is 2. The van der Waals surface area contributed by atoms with Crippen molar-refractivity contribution >= 4 is 34.3 Å². The summed E-state index contributed by atoms with van der Waals surface area (Å²) in [5, 5.41) is 8.07. The Kier molecular flexibility index (Phi) is 5.83. The lowest BCUT2D eigenvalue weighted by Crippen LogP contribution is -2.25. The maximum absolute atomic E-state index is 13.1. The Morgan fingerprint density at radius 1 is 0.857 bits per heavy atom. The number of carbonyl (C=O) groups is 1. The van der Waals surface area contributed by atoms with E-state index in [0.29, 0.717) is 16.5 Å². The van der Waals surface area contributed by atoms with E-state index in [1.165, 1.54) is 4.68 Å². The molecule has 0 unspecified atom stereocenters.